The van der Waals surface area contributed by atoms with E-state index in [1.807, 2.05) is 6.92 Å². The largest absolute Gasteiger partial charge is 0.573 e. The summed E-state index contributed by atoms with van der Waals surface area (Å²) in [5.41, 5.74) is 0.693. The molecule has 1 atom stereocenters. The van der Waals surface area contributed by atoms with E-state index in [0.29, 0.717) is 12.1 Å². The summed E-state index contributed by atoms with van der Waals surface area (Å²) in [6, 6.07) is 5.78. The Labute approximate surface area is 111 Å². The average molecular weight is 271 g/mol. The molecule has 0 saturated carbocycles. The normalized spacial score (nSPS) is 12.8. The van der Waals surface area contributed by atoms with Gasteiger partial charge in [0.15, 0.2) is 0 Å². The molecule has 19 heavy (non-hydrogen) atoms. The van der Waals surface area contributed by atoms with E-state index in [-0.39, 0.29) is 11.8 Å². The average Bonchev–Trinajstić information content (AvgIpc) is 2.33. The van der Waals surface area contributed by atoms with Gasteiger partial charge in [-0.1, -0.05) is 31.4 Å². The molecule has 1 aromatic carbocycles. The van der Waals surface area contributed by atoms with Crippen molar-refractivity contribution in [1.29, 1.82) is 0 Å². The van der Waals surface area contributed by atoms with Crippen LogP contribution in [0.1, 0.15) is 25.3 Å². The molecule has 0 radical (unpaired) electrons. The summed E-state index contributed by atoms with van der Waals surface area (Å²) in [6.07, 6.45) is 2.45. The Bertz CT molecular complexity index is 437. The summed E-state index contributed by atoms with van der Waals surface area (Å²) in [6.45, 7) is 2.42. The third-order valence-electron chi connectivity index (χ3n) is 2.46. The van der Waals surface area contributed by atoms with Crippen molar-refractivity contribution in [1.82, 2.24) is 5.32 Å². The fraction of sp³-hybridized carbons (Fsp3) is 0.429. The van der Waals surface area contributed by atoms with Gasteiger partial charge < -0.3 is 4.74 Å². The van der Waals surface area contributed by atoms with E-state index in [0.717, 1.165) is 12.8 Å². The van der Waals surface area contributed by atoms with Gasteiger partial charge in [0, 0.05) is 6.54 Å². The summed E-state index contributed by atoms with van der Waals surface area (Å²) >= 11 is 0. The molecule has 1 unspecified atom stereocenters. The van der Waals surface area contributed by atoms with E-state index in [1.54, 1.807) is 6.07 Å². The molecule has 1 rings (SSSR count). The minimum atomic E-state index is -4.67. The first-order chi connectivity index (χ1) is 8.94. The number of hydrogen-bond acceptors (Lipinski definition) is 2. The molecule has 0 amide bonds. The quantitative estimate of drug-likeness (QED) is 0.800. The summed E-state index contributed by atoms with van der Waals surface area (Å²) in [5.74, 6) is 2.38. The van der Waals surface area contributed by atoms with Crippen LogP contribution in [0.25, 0.3) is 0 Å². The maximum absolute atomic E-state index is 12.1. The van der Waals surface area contributed by atoms with Crippen LogP contribution in [0.5, 0.6) is 5.75 Å². The van der Waals surface area contributed by atoms with Crippen LogP contribution < -0.4 is 10.1 Å². The van der Waals surface area contributed by atoms with Crippen LogP contribution >= 0.6 is 0 Å². The molecule has 0 aliphatic heterocycles. The zero-order chi connectivity index (χ0) is 14.3. The number of rotatable bonds is 6. The second-order valence-electron chi connectivity index (χ2n) is 4.08. The van der Waals surface area contributed by atoms with Gasteiger partial charge in [-0.2, -0.15) is 0 Å². The van der Waals surface area contributed by atoms with E-state index in [9.17, 15) is 13.2 Å². The van der Waals surface area contributed by atoms with Gasteiger partial charge in [-0.15, -0.1) is 19.6 Å². The standard InChI is InChI=1S/C14H16F3NO/c1-3-6-12(4-2)18-10-11-7-5-8-13(9-11)19-14(15,16)17/h2,5,7-9,12,18H,3,6,10H2,1H3. The number of benzene rings is 1. The van der Waals surface area contributed by atoms with Crippen molar-refractivity contribution in [3.8, 4) is 18.1 Å². The van der Waals surface area contributed by atoms with E-state index in [4.69, 9.17) is 6.42 Å². The Kier molecular flexibility index (Phi) is 5.71. The zero-order valence-electron chi connectivity index (χ0n) is 10.6. The number of halogens is 3. The minimum Gasteiger partial charge on any atom is -0.406 e. The molecule has 0 saturated heterocycles. The monoisotopic (exact) mass is 271 g/mol. The molecule has 0 bridgehead atoms. The molecule has 0 aromatic heterocycles. The van der Waals surface area contributed by atoms with Crippen LogP contribution in [-0.2, 0) is 6.54 Å². The third-order valence-corrected chi connectivity index (χ3v) is 2.46. The lowest BCUT2D eigenvalue weighted by Crippen LogP contribution is -2.26. The molecule has 0 heterocycles. The molecule has 0 aliphatic carbocycles. The molecular weight excluding hydrogens is 255 g/mol. The summed E-state index contributed by atoms with van der Waals surface area (Å²) in [4.78, 5) is 0. The van der Waals surface area contributed by atoms with Gasteiger partial charge in [0.25, 0.3) is 0 Å². The van der Waals surface area contributed by atoms with Crippen molar-refractivity contribution in [3.63, 3.8) is 0 Å². The van der Waals surface area contributed by atoms with Gasteiger partial charge >= 0.3 is 6.36 Å². The second kappa shape index (κ2) is 7.05. The maximum atomic E-state index is 12.1. The fourth-order valence-corrected chi connectivity index (χ4v) is 1.63. The van der Waals surface area contributed by atoms with E-state index in [1.165, 1.54) is 18.2 Å². The lowest BCUT2D eigenvalue weighted by atomic mass is 10.1. The van der Waals surface area contributed by atoms with Crippen molar-refractivity contribution in [2.45, 2.75) is 38.7 Å². The van der Waals surface area contributed by atoms with Crippen molar-refractivity contribution < 1.29 is 17.9 Å². The smallest absolute Gasteiger partial charge is 0.406 e. The Hall–Kier alpha value is -1.67. The topological polar surface area (TPSA) is 21.3 Å². The highest BCUT2D eigenvalue weighted by molar-refractivity contribution is 5.28. The van der Waals surface area contributed by atoms with Crippen LogP contribution in [0.15, 0.2) is 24.3 Å². The van der Waals surface area contributed by atoms with Crippen molar-refractivity contribution in [3.05, 3.63) is 29.8 Å². The van der Waals surface area contributed by atoms with Crippen molar-refractivity contribution in [2.24, 2.45) is 0 Å². The van der Waals surface area contributed by atoms with E-state index in [2.05, 4.69) is 16.0 Å². The first-order valence-electron chi connectivity index (χ1n) is 5.99. The van der Waals surface area contributed by atoms with Gasteiger partial charge in [0.1, 0.15) is 5.75 Å². The van der Waals surface area contributed by atoms with E-state index >= 15 is 0 Å². The Balaban J connectivity index is 2.60. The van der Waals surface area contributed by atoms with Crippen LogP contribution in [0.2, 0.25) is 0 Å². The number of ether oxygens (including phenoxy) is 1. The Morgan fingerprint density at radius 3 is 2.74 bits per heavy atom. The first-order valence-corrected chi connectivity index (χ1v) is 5.99. The molecule has 0 spiro atoms. The number of nitrogens with one attached hydrogen (secondary N) is 1. The van der Waals surface area contributed by atoms with Gasteiger partial charge in [-0.3, -0.25) is 5.32 Å². The van der Waals surface area contributed by atoms with Crippen LogP contribution in [0.3, 0.4) is 0 Å². The second-order valence-corrected chi connectivity index (χ2v) is 4.08. The minimum absolute atomic E-state index is 0.0720. The summed E-state index contributed by atoms with van der Waals surface area (Å²) < 4.78 is 40.1. The molecule has 1 N–H and O–H groups in total. The number of terminal acetylenes is 1. The molecule has 1 aromatic rings. The van der Waals surface area contributed by atoms with E-state index < -0.39 is 6.36 Å². The lowest BCUT2D eigenvalue weighted by Gasteiger charge is -2.13. The molecule has 0 aliphatic rings. The predicted molar refractivity (Wildman–Crippen MR) is 67.5 cm³/mol. The van der Waals surface area contributed by atoms with Crippen molar-refractivity contribution in [2.75, 3.05) is 0 Å². The maximum Gasteiger partial charge on any atom is 0.573 e. The highest BCUT2D eigenvalue weighted by atomic mass is 19.4. The van der Waals surface area contributed by atoms with Gasteiger partial charge in [0.05, 0.1) is 6.04 Å². The van der Waals surface area contributed by atoms with Crippen LogP contribution in [-0.4, -0.2) is 12.4 Å². The Morgan fingerprint density at radius 2 is 2.16 bits per heavy atom. The fourth-order valence-electron chi connectivity index (χ4n) is 1.63. The molecular formula is C14H16F3NO. The lowest BCUT2D eigenvalue weighted by molar-refractivity contribution is -0.274. The van der Waals surface area contributed by atoms with Gasteiger partial charge in [0.2, 0.25) is 0 Å². The van der Waals surface area contributed by atoms with Gasteiger partial charge in [-0.05, 0) is 24.1 Å². The SMILES string of the molecule is C#CC(CCC)NCc1cccc(OC(F)(F)F)c1. The molecule has 0 fully saturated rings. The number of hydrogen-bond donors (Lipinski definition) is 1. The molecule has 104 valence electrons. The molecule has 2 nitrogen and oxygen atoms in total. The summed E-state index contributed by atoms with van der Waals surface area (Å²) in [7, 11) is 0. The summed E-state index contributed by atoms with van der Waals surface area (Å²) in [5, 5.41) is 3.10. The van der Waals surface area contributed by atoms with Crippen molar-refractivity contribution >= 4 is 0 Å². The number of alkyl halides is 3. The predicted octanol–water partition coefficient (Wildman–Crippen LogP) is 3.48. The zero-order valence-corrected chi connectivity index (χ0v) is 10.6. The van der Waals surface area contributed by atoms with Crippen LogP contribution in [0.4, 0.5) is 13.2 Å². The van der Waals surface area contributed by atoms with Gasteiger partial charge in [-0.25, -0.2) is 0 Å². The highest BCUT2D eigenvalue weighted by Crippen LogP contribution is 2.23. The highest BCUT2D eigenvalue weighted by Gasteiger charge is 2.31. The molecule has 5 heteroatoms. The first kappa shape index (κ1) is 15.4. The van der Waals surface area contributed by atoms with Crippen LogP contribution in [0, 0.1) is 12.3 Å². The Morgan fingerprint density at radius 1 is 1.42 bits per heavy atom. The third kappa shape index (κ3) is 6.16.